The van der Waals surface area contributed by atoms with Crippen LogP contribution in [0.1, 0.15) is 13.3 Å². The van der Waals surface area contributed by atoms with Crippen LogP contribution >= 0.6 is 0 Å². The van der Waals surface area contributed by atoms with Crippen molar-refractivity contribution in [2.24, 2.45) is 11.7 Å². The first-order valence-corrected chi connectivity index (χ1v) is 6.52. The first-order chi connectivity index (χ1) is 9.15. The lowest BCUT2D eigenvalue weighted by Crippen LogP contribution is -2.22. The van der Waals surface area contributed by atoms with Crippen molar-refractivity contribution in [2.45, 2.75) is 13.3 Å². The lowest BCUT2D eigenvalue weighted by molar-refractivity contribution is -0.385. The Morgan fingerprint density at radius 3 is 2.95 bits per heavy atom. The van der Waals surface area contributed by atoms with Gasteiger partial charge in [-0.05, 0) is 31.9 Å². The molecule has 1 saturated heterocycles. The number of nitro groups is 1. The molecule has 1 aliphatic heterocycles. The van der Waals surface area contributed by atoms with E-state index >= 15 is 0 Å². The summed E-state index contributed by atoms with van der Waals surface area (Å²) in [5.74, 6) is 0.840. The maximum absolute atomic E-state index is 10.9. The van der Waals surface area contributed by atoms with Gasteiger partial charge >= 0.3 is 5.69 Å². The Balaban J connectivity index is 2.23. The third kappa shape index (κ3) is 2.96. The van der Waals surface area contributed by atoms with Gasteiger partial charge in [0.2, 0.25) is 0 Å². The largest absolute Gasteiger partial charge is 0.487 e. The van der Waals surface area contributed by atoms with E-state index in [9.17, 15) is 10.1 Å². The molecule has 1 aromatic rings. The summed E-state index contributed by atoms with van der Waals surface area (Å²) in [6.45, 7) is 4.75. The average Bonchev–Trinajstić information content (AvgIpc) is 2.87. The zero-order chi connectivity index (χ0) is 13.8. The summed E-state index contributed by atoms with van der Waals surface area (Å²) in [7, 11) is 0. The molecule has 19 heavy (non-hydrogen) atoms. The number of nitro benzene ring substituents is 1. The monoisotopic (exact) mass is 265 g/mol. The molecule has 1 aromatic carbocycles. The standard InChI is InChI=1S/C13H19N3O3/c1-2-19-13-7-11(3-4-12(13)16(17)18)15-6-5-10(8-14)9-15/h3-4,7,10H,2,5-6,8-9,14H2,1H3. The molecule has 2 N–H and O–H groups in total. The van der Waals surface area contributed by atoms with Gasteiger partial charge in [0.15, 0.2) is 5.75 Å². The number of rotatable bonds is 5. The Bertz CT molecular complexity index is 464. The van der Waals surface area contributed by atoms with Gasteiger partial charge in [-0.2, -0.15) is 0 Å². The summed E-state index contributed by atoms with van der Waals surface area (Å²) in [6, 6.07) is 5.04. The molecule has 1 aliphatic rings. The number of benzene rings is 1. The minimum absolute atomic E-state index is 0.0140. The molecule has 104 valence electrons. The van der Waals surface area contributed by atoms with Gasteiger partial charge in [-0.25, -0.2) is 0 Å². The topological polar surface area (TPSA) is 81.6 Å². The van der Waals surface area contributed by atoms with Crippen molar-refractivity contribution in [1.29, 1.82) is 0 Å². The third-order valence-electron chi connectivity index (χ3n) is 3.42. The van der Waals surface area contributed by atoms with Gasteiger partial charge in [0.25, 0.3) is 0 Å². The second-order valence-corrected chi connectivity index (χ2v) is 4.68. The maximum Gasteiger partial charge on any atom is 0.311 e. The molecule has 1 heterocycles. The highest BCUT2D eigenvalue weighted by Gasteiger charge is 2.23. The van der Waals surface area contributed by atoms with Gasteiger partial charge in [-0.1, -0.05) is 0 Å². The Morgan fingerprint density at radius 1 is 1.58 bits per heavy atom. The summed E-state index contributed by atoms with van der Waals surface area (Å²) in [5.41, 5.74) is 6.65. The number of nitrogens with two attached hydrogens (primary N) is 1. The normalized spacial score (nSPS) is 18.6. The van der Waals surface area contributed by atoms with E-state index in [2.05, 4.69) is 4.90 Å². The fourth-order valence-electron chi connectivity index (χ4n) is 2.38. The van der Waals surface area contributed by atoms with Crippen LogP contribution in [-0.4, -0.2) is 31.2 Å². The Labute approximate surface area is 112 Å². The zero-order valence-corrected chi connectivity index (χ0v) is 11.0. The molecule has 0 aromatic heterocycles. The summed E-state index contributed by atoms with van der Waals surface area (Å²) in [4.78, 5) is 12.7. The van der Waals surface area contributed by atoms with Crippen molar-refractivity contribution in [3.8, 4) is 5.75 Å². The van der Waals surface area contributed by atoms with Crippen molar-refractivity contribution >= 4 is 11.4 Å². The van der Waals surface area contributed by atoms with E-state index in [1.807, 2.05) is 6.92 Å². The van der Waals surface area contributed by atoms with Crippen molar-refractivity contribution in [1.82, 2.24) is 0 Å². The first kappa shape index (κ1) is 13.6. The zero-order valence-electron chi connectivity index (χ0n) is 11.0. The van der Waals surface area contributed by atoms with Gasteiger partial charge in [0.05, 0.1) is 11.5 Å². The van der Waals surface area contributed by atoms with Crippen LogP contribution in [0, 0.1) is 16.0 Å². The van der Waals surface area contributed by atoms with Crippen LogP contribution in [0.15, 0.2) is 18.2 Å². The molecule has 0 radical (unpaired) electrons. The van der Waals surface area contributed by atoms with Crippen LogP contribution in [-0.2, 0) is 0 Å². The minimum atomic E-state index is -0.415. The van der Waals surface area contributed by atoms with E-state index in [0.717, 1.165) is 25.2 Å². The predicted octanol–water partition coefficient (Wildman–Crippen LogP) is 1.78. The Hall–Kier alpha value is -1.82. The van der Waals surface area contributed by atoms with E-state index in [1.165, 1.54) is 6.07 Å². The quantitative estimate of drug-likeness (QED) is 0.648. The van der Waals surface area contributed by atoms with Crippen LogP contribution in [0.25, 0.3) is 0 Å². The van der Waals surface area contributed by atoms with Crippen LogP contribution < -0.4 is 15.4 Å². The Kier molecular flexibility index (Phi) is 4.21. The van der Waals surface area contributed by atoms with Crippen molar-refractivity contribution in [3.63, 3.8) is 0 Å². The second-order valence-electron chi connectivity index (χ2n) is 4.68. The predicted molar refractivity (Wildman–Crippen MR) is 73.6 cm³/mol. The fourth-order valence-corrected chi connectivity index (χ4v) is 2.38. The highest BCUT2D eigenvalue weighted by molar-refractivity contribution is 5.59. The number of ether oxygens (including phenoxy) is 1. The third-order valence-corrected chi connectivity index (χ3v) is 3.42. The number of nitrogens with zero attached hydrogens (tertiary/aromatic N) is 2. The molecule has 0 amide bonds. The lowest BCUT2D eigenvalue weighted by Gasteiger charge is -2.19. The summed E-state index contributed by atoms with van der Waals surface area (Å²) >= 11 is 0. The SMILES string of the molecule is CCOc1cc(N2CCC(CN)C2)ccc1[N+](=O)[O-]. The van der Waals surface area contributed by atoms with Gasteiger partial charge in [-0.3, -0.25) is 10.1 Å². The van der Waals surface area contributed by atoms with Gasteiger partial charge < -0.3 is 15.4 Å². The van der Waals surface area contributed by atoms with Crippen molar-refractivity contribution in [3.05, 3.63) is 28.3 Å². The molecule has 0 spiro atoms. The van der Waals surface area contributed by atoms with Crippen LogP contribution in [0.5, 0.6) is 5.75 Å². The first-order valence-electron chi connectivity index (χ1n) is 6.52. The van der Waals surface area contributed by atoms with Crippen LogP contribution in [0.4, 0.5) is 11.4 Å². The van der Waals surface area contributed by atoms with Crippen LogP contribution in [0.2, 0.25) is 0 Å². The molecule has 1 fully saturated rings. The van der Waals surface area contributed by atoms with Crippen LogP contribution in [0.3, 0.4) is 0 Å². The molecular weight excluding hydrogens is 246 g/mol. The van der Waals surface area contributed by atoms with E-state index in [1.54, 1.807) is 12.1 Å². The smallest absolute Gasteiger partial charge is 0.311 e. The van der Waals surface area contributed by atoms with E-state index in [4.69, 9.17) is 10.5 Å². The van der Waals surface area contributed by atoms with E-state index in [0.29, 0.717) is 24.8 Å². The molecule has 0 saturated carbocycles. The van der Waals surface area contributed by atoms with Crippen molar-refractivity contribution < 1.29 is 9.66 Å². The molecular formula is C13H19N3O3. The Morgan fingerprint density at radius 2 is 2.37 bits per heavy atom. The highest BCUT2D eigenvalue weighted by Crippen LogP contribution is 2.33. The minimum Gasteiger partial charge on any atom is -0.487 e. The van der Waals surface area contributed by atoms with E-state index < -0.39 is 4.92 Å². The lowest BCUT2D eigenvalue weighted by atomic mass is 10.1. The van der Waals surface area contributed by atoms with E-state index in [-0.39, 0.29) is 5.69 Å². The highest BCUT2D eigenvalue weighted by atomic mass is 16.6. The van der Waals surface area contributed by atoms with Gasteiger partial charge in [-0.15, -0.1) is 0 Å². The average molecular weight is 265 g/mol. The number of hydrogen-bond acceptors (Lipinski definition) is 5. The molecule has 1 atom stereocenters. The molecule has 0 bridgehead atoms. The van der Waals surface area contributed by atoms with Gasteiger partial charge in [0.1, 0.15) is 0 Å². The molecule has 6 nitrogen and oxygen atoms in total. The number of hydrogen-bond donors (Lipinski definition) is 1. The summed E-state index contributed by atoms with van der Waals surface area (Å²) in [5, 5.41) is 10.9. The maximum atomic E-state index is 10.9. The number of anilines is 1. The second kappa shape index (κ2) is 5.88. The fraction of sp³-hybridized carbons (Fsp3) is 0.538. The van der Waals surface area contributed by atoms with Gasteiger partial charge in [0, 0.05) is 30.9 Å². The van der Waals surface area contributed by atoms with Crippen molar-refractivity contribution in [2.75, 3.05) is 31.1 Å². The summed E-state index contributed by atoms with van der Waals surface area (Å²) < 4.78 is 5.36. The molecule has 2 rings (SSSR count). The molecule has 1 unspecified atom stereocenters. The molecule has 0 aliphatic carbocycles. The summed E-state index contributed by atoms with van der Waals surface area (Å²) in [6.07, 6.45) is 1.07. The molecule has 6 heteroatoms.